The van der Waals surface area contributed by atoms with Crippen LogP contribution in [0.3, 0.4) is 0 Å². The molecule has 1 rings (SSSR count). The summed E-state index contributed by atoms with van der Waals surface area (Å²) in [5.74, 6) is 0.921. The molecule has 0 amide bonds. The lowest BCUT2D eigenvalue weighted by atomic mass is 10.4. The van der Waals surface area contributed by atoms with Gasteiger partial charge >= 0.3 is 0 Å². The van der Waals surface area contributed by atoms with Gasteiger partial charge in [0.05, 0.1) is 19.2 Å². The Hall–Kier alpha value is -1.41. The van der Waals surface area contributed by atoms with Gasteiger partial charge in [0.2, 0.25) is 0 Å². The van der Waals surface area contributed by atoms with Crippen molar-refractivity contribution >= 4 is 0 Å². The molecule has 0 aromatic carbocycles. The highest BCUT2D eigenvalue weighted by molar-refractivity contribution is 4.86. The molecule has 0 spiro atoms. The number of aromatic nitrogens is 3. The molecular weight excluding hydrogens is 178 g/mol. The van der Waals surface area contributed by atoms with E-state index in [-0.39, 0.29) is 0 Å². The second-order valence-corrected chi connectivity index (χ2v) is 3.23. The fourth-order valence-electron chi connectivity index (χ4n) is 1.23. The quantitative estimate of drug-likeness (QED) is 0.644. The van der Waals surface area contributed by atoms with Crippen molar-refractivity contribution in [3.05, 3.63) is 12.2 Å². The molecule has 0 radical (unpaired) electrons. The summed E-state index contributed by atoms with van der Waals surface area (Å²) in [7, 11) is 1.90. The molecule has 76 valence electrons. The molecule has 0 saturated carbocycles. The summed E-state index contributed by atoms with van der Waals surface area (Å²) in [4.78, 5) is 6.07. The van der Waals surface area contributed by atoms with E-state index in [0.717, 1.165) is 18.8 Å². The van der Waals surface area contributed by atoms with Gasteiger partial charge in [-0.05, 0) is 13.5 Å². The molecule has 0 atom stereocenters. The first-order chi connectivity index (χ1) is 6.77. The van der Waals surface area contributed by atoms with E-state index in [0.29, 0.717) is 13.1 Å². The van der Waals surface area contributed by atoms with E-state index in [1.165, 1.54) is 0 Å². The summed E-state index contributed by atoms with van der Waals surface area (Å²) in [6.45, 7) is 4.08. The maximum absolute atomic E-state index is 8.50. The number of aryl methyl sites for hydroxylation is 1. The van der Waals surface area contributed by atoms with Gasteiger partial charge in [-0.1, -0.05) is 6.92 Å². The van der Waals surface area contributed by atoms with Crippen molar-refractivity contribution in [2.24, 2.45) is 0 Å². The van der Waals surface area contributed by atoms with Gasteiger partial charge in [-0.2, -0.15) is 10.4 Å². The second-order valence-electron chi connectivity index (χ2n) is 3.23. The molecule has 0 saturated heterocycles. The van der Waals surface area contributed by atoms with Crippen LogP contribution in [0.1, 0.15) is 19.2 Å². The summed E-state index contributed by atoms with van der Waals surface area (Å²) < 4.78 is 1.88. The highest BCUT2D eigenvalue weighted by atomic mass is 15.3. The molecule has 1 aromatic rings. The van der Waals surface area contributed by atoms with E-state index in [9.17, 15) is 0 Å². The van der Waals surface area contributed by atoms with Gasteiger partial charge in [-0.3, -0.25) is 4.90 Å². The molecule has 0 aliphatic rings. The number of hydrogen-bond acceptors (Lipinski definition) is 4. The Bertz CT molecular complexity index is 311. The SMILES string of the molecule is CCCn1ncnc1CN(C)CC#N. The van der Waals surface area contributed by atoms with E-state index in [1.807, 2.05) is 16.6 Å². The van der Waals surface area contributed by atoms with Crippen molar-refractivity contribution in [2.45, 2.75) is 26.4 Å². The zero-order valence-corrected chi connectivity index (χ0v) is 8.64. The minimum atomic E-state index is 0.416. The summed E-state index contributed by atoms with van der Waals surface area (Å²) in [6, 6.07) is 2.10. The molecule has 0 aliphatic heterocycles. The fourth-order valence-corrected chi connectivity index (χ4v) is 1.23. The molecule has 5 heteroatoms. The molecular formula is C9H15N5. The van der Waals surface area contributed by atoms with Crippen LogP contribution in [-0.4, -0.2) is 33.3 Å². The lowest BCUT2D eigenvalue weighted by Gasteiger charge is -2.12. The molecule has 0 N–H and O–H groups in total. The van der Waals surface area contributed by atoms with Crippen LogP contribution in [0.15, 0.2) is 6.33 Å². The normalized spacial score (nSPS) is 10.4. The van der Waals surface area contributed by atoms with Crippen LogP contribution in [0.4, 0.5) is 0 Å². The standard InChI is InChI=1S/C9H15N5/c1-3-5-14-9(11-8-12-14)7-13(2)6-4-10/h8H,3,5-7H2,1-2H3. The summed E-state index contributed by atoms with van der Waals surface area (Å²) in [5.41, 5.74) is 0. The number of nitrogens with zero attached hydrogens (tertiary/aromatic N) is 5. The molecule has 1 aromatic heterocycles. The minimum absolute atomic E-state index is 0.416. The van der Waals surface area contributed by atoms with Crippen molar-refractivity contribution in [3.63, 3.8) is 0 Å². The Morgan fingerprint density at radius 1 is 1.64 bits per heavy atom. The molecule has 0 bridgehead atoms. The topological polar surface area (TPSA) is 57.7 Å². The Morgan fingerprint density at radius 3 is 3.07 bits per heavy atom. The number of hydrogen-bond donors (Lipinski definition) is 0. The second kappa shape index (κ2) is 5.35. The van der Waals surface area contributed by atoms with Crippen molar-refractivity contribution in [1.29, 1.82) is 5.26 Å². The van der Waals surface area contributed by atoms with Gasteiger partial charge in [-0.15, -0.1) is 0 Å². The zero-order chi connectivity index (χ0) is 10.4. The average Bonchev–Trinajstić information content (AvgIpc) is 2.54. The first kappa shape index (κ1) is 10.7. The largest absolute Gasteiger partial charge is 0.286 e. The van der Waals surface area contributed by atoms with E-state index in [4.69, 9.17) is 5.26 Å². The fraction of sp³-hybridized carbons (Fsp3) is 0.667. The number of rotatable bonds is 5. The van der Waals surface area contributed by atoms with Crippen LogP contribution in [0, 0.1) is 11.3 Å². The van der Waals surface area contributed by atoms with Crippen LogP contribution in [0.5, 0.6) is 0 Å². The predicted molar refractivity (Wildman–Crippen MR) is 52.3 cm³/mol. The Labute approximate surface area is 84.0 Å². The maximum Gasteiger partial charge on any atom is 0.141 e. The van der Waals surface area contributed by atoms with Crippen LogP contribution in [0.2, 0.25) is 0 Å². The van der Waals surface area contributed by atoms with Crippen molar-refractivity contribution in [3.8, 4) is 6.07 Å². The Morgan fingerprint density at radius 2 is 2.43 bits per heavy atom. The van der Waals surface area contributed by atoms with Crippen molar-refractivity contribution in [2.75, 3.05) is 13.6 Å². The lowest BCUT2D eigenvalue weighted by Crippen LogP contribution is -2.21. The maximum atomic E-state index is 8.50. The monoisotopic (exact) mass is 193 g/mol. The van der Waals surface area contributed by atoms with Gasteiger partial charge in [0.15, 0.2) is 0 Å². The van der Waals surface area contributed by atoms with Crippen LogP contribution >= 0.6 is 0 Å². The van der Waals surface area contributed by atoms with Crippen molar-refractivity contribution in [1.82, 2.24) is 19.7 Å². The third-order valence-electron chi connectivity index (χ3n) is 1.88. The predicted octanol–water partition coefficient (Wildman–Crippen LogP) is 0.643. The van der Waals surface area contributed by atoms with Crippen LogP contribution in [0.25, 0.3) is 0 Å². The highest BCUT2D eigenvalue weighted by Gasteiger charge is 2.06. The first-order valence-corrected chi connectivity index (χ1v) is 4.70. The highest BCUT2D eigenvalue weighted by Crippen LogP contribution is 1.99. The molecule has 0 aliphatic carbocycles. The summed E-state index contributed by atoms with van der Waals surface area (Å²) in [6.07, 6.45) is 2.60. The average molecular weight is 193 g/mol. The molecule has 0 fully saturated rings. The minimum Gasteiger partial charge on any atom is -0.286 e. The molecule has 14 heavy (non-hydrogen) atoms. The van der Waals surface area contributed by atoms with E-state index in [2.05, 4.69) is 23.1 Å². The molecule has 5 nitrogen and oxygen atoms in total. The Kier molecular flexibility index (Phi) is 4.08. The molecule has 1 heterocycles. The molecule has 0 unspecified atom stereocenters. The van der Waals surface area contributed by atoms with Gasteiger partial charge < -0.3 is 0 Å². The summed E-state index contributed by atoms with van der Waals surface area (Å²) in [5, 5.41) is 12.6. The van der Waals surface area contributed by atoms with Gasteiger partial charge in [0.1, 0.15) is 12.2 Å². The smallest absolute Gasteiger partial charge is 0.141 e. The summed E-state index contributed by atoms with van der Waals surface area (Å²) >= 11 is 0. The van der Waals surface area contributed by atoms with E-state index < -0.39 is 0 Å². The third-order valence-corrected chi connectivity index (χ3v) is 1.88. The van der Waals surface area contributed by atoms with E-state index in [1.54, 1.807) is 6.33 Å². The first-order valence-electron chi connectivity index (χ1n) is 4.70. The third kappa shape index (κ3) is 2.82. The zero-order valence-electron chi connectivity index (χ0n) is 8.64. The van der Waals surface area contributed by atoms with Gasteiger partial charge in [-0.25, -0.2) is 9.67 Å². The van der Waals surface area contributed by atoms with Crippen LogP contribution < -0.4 is 0 Å². The van der Waals surface area contributed by atoms with Gasteiger partial charge in [0.25, 0.3) is 0 Å². The lowest BCUT2D eigenvalue weighted by molar-refractivity contribution is 0.345. The van der Waals surface area contributed by atoms with Crippen molar-refractivity contribution < 1.29 is 0 Å². The number of nitriles is 1. The van der Waals surface area contributed by atoms with Gasteiger partial charge in [0, 0.05) is 6.54 Å². The van der Waals surface area contributed by atoms with Crippen LogP contribution in [-0.2, 0) is 13.1 Å². The van der Waals surface area contributed by atoms with E-state index >= 15 is 0 Å². The Balaban J connectivity index is 2.57.